The Morgan fingerprint density at radius 2 is 1.96 bits per heavy atom. The van der Waals surface area contributed by atoms with Gasteiger partial charge < -0.3 is 14.8 Å². The van der Waals surface area contributed by atoms with Gasteiger partial charge in [-0.25, -0.2) is 9.50 Å². The third kappa shape index (κ3) is 4.72. The molecular formula is C19H23N5O3. The van der Waals surface area contributed by atoms with Crippen molar-refractivity contribution in [3.8, 4) is 11.5 Å². The zero-order valence-electron chi connectivity index (χ0n) is 15.5. The molecule has 0 saturated heterocycles. The van der Waals surface area contributed by atoms with Crippen molar-refractivity contribution < 1.29 is 14.3 Å². The molecule has 1 amide bonds. The Morgan fingerprint density at radius 3 is 2.78 bits per heavy atom. The number of nitrogens with one attached hydrogen (secondary N) is 1. The summed E-state index contributed by atoms with van der Waals surface area (Å²) in [6.45, 7) is 5.42. The lowest BCUT2D eigenvalue weighted by molar-refractivity contribution is 0.0952. The first-order chi connectivity index (χ1) is 13.2. The van der Waals surface area contributed by atoms with E-state index in [-0.39, 0.29) is 5.91 Å². The predicted octanol–water partition coefficient (Wildman–Crippen LogP) is 2.28. The summed E-state index contributed by atoms with van der Waals surface area (Å²) in [6.07, 6.45) is 6.74. The Hall–Kier alpha value is -3.16. The first kappa shape index (κ1) is 18.6. The number of rotatable bonds is 9. The lowest BCUT2D eigenvalue weighted by Crippen LogP contribution is -2.24. The van der Waals surface area contributed by atoms with E-state index in [9.17, 15) is 4.79 Å². The zero-order valence-corrected chi connectivity index (χ0v) is 15.5. The third-order valence-electron chi connectivity index (χ3n) is 3.92. The average molecular weight is 369 g/mol. The van der Waals surface area contributed by atoms with Crippen LogP contribution in [0.15, 0.2) is 36.9 Å². The predicted molar refractivity (Wildman–Crippen MR) is 100 cm³/mol. The van der Waals surface area contributed by atoms with E-state index in [1.165, 1.54) is 6.33 Å². The number of aryl methyl sites for hydroxylation is 1. The Labute approximate surface area is 157 Å². The number of aromatic nitrogens is 4. The van der Waals surface area contributed by atoms with Crippen LogP contribution in [0.4, 0.5) is 0 Å². The maximum Gasteiger partial charge on any atom is 0.252 e. The fourth-order valence-electron chi connectivity index (χ4n) is 2.68. The summed E-state index contributed by atoms with van der Waals surface area (Å²) in [4.78, 5) is 20.6. The van der Waals surface area contributed by atoms with E-state index in [1.54, 1.807) is 28.9 Å². The number of ether oxygens (including phenoxy) is 2. The van der Waals surface area contributed by atoms with Gasteiger partial charge in [0.25, 0.3) is 11.7 Å². The number of hydrogen-bond acceptors (Lipinski definition) is 6. The van der Waals surface area contributed by atoms with Gasteiger partial charge in [0, 0.05) is 24.5 Å². The number of carbonyl (C=O) groups is 1. The molecule has 1 aromatic carbocycles. The van der Waals surface area contributed by atoms with Gasteiger partial charge >= 0.3 is 0 Å². The standard InChI is InChI=1S/C19H23N5O3/c1-3-26-16-8-7-15(10-17(16)27-4-2)18(25)20-9-5-6-14-11-21-19-22-13-23-24(19)12-14/h7-8,10-13H,3-6,9H2,1-2H3,(H,20,25). The summed E-state index contributed by atoms with van der Waals surface area (Å²) >= 11 is 0. The first-order valence-electron chi connectivity index (χ1n) is 9.03. The van der Waals surface area contributed by atoms with Gasteiger partial charge in [-0.05, 0) is 50.5 Å². The molecule has 8 heteroatoms. The van der Waals surface area contributed by atoms with Crippen LogP contribution < -0.4 is 14.8 Å². The molecule has 3 aromatic rings. The monoisotopic (exact) mass is 369 g/mol. The van der Waals surface area contributed by atoms with Gasteiger partial charge in [-0.2, -0.15) is 10.1 Å². The van der Waals surface area contributed by atoms with E-state index in [2.05, 4.69) is 20.4 Å². The summed E-state index contributed by atoms with van der Waals surface area (Å²) in [7, 11) is 0. The van der Waals surface area contributed by atoms with E-state index >= 15 is 0 Å². The molecule has 0 unspecified atom stereocenters. The summed E-state index contributed by atoms with van der Waals surface area (Å²) < 4.78 is 12.7. The van der Waals surface area contributed by atoms with Crippen molar-refractivity contribution >= 4 is 11.7 Å². The molecule has 0 atom stereocenters. The maximum absolute atomic E-state index is 12.4. The van der Waals surface area contributed by atoms with Crippen LogP contribution in [0.2, 0.25) is 0 Å². The average Bonchev–Trinajstić information content (AvgIpc) is 3.14. The van der Waals surface area contributed by atoms with Gasteiger partial charge in [0.15, 0.2) is 11.5 Å². The molecule has 0 saturated carbocycles. The van der Waals surface area contributed by atoms with Gasteiger partial charge in [-0.15, -0.1) is 0 Å². The molecule has 2 heterocycles. The van der Waals surface area contributed by atoms with Crippen LogP contribution in [0, 0.1) is 0 Å². The molecule has 0 aliphatic heterocycles. The van der Waals surface area contributed by atoms with Crippen molar-refractivity contribution in [1.29, 1.82) is 0 Å². The van der Waals surface area contributed by atoms with Crippen LogP contribution in [0.25, 0.3) is 5.78 Å². The molecule has 0 fully saturated rings. The highest BCUT2D eigenvalue weighted by Crippen LogP contribution is 2.28. The quantitative estimate of drug-likeness (QED) is 0.582. The minimum absolute atomic E-state index is 0.135. The van der Waals surface area contributed by atoms with Crippen molar-refractivity contribution in [3.63, 3.8) is 0 Å². The Morgan fingerprint density at radius 1 is 1.15 bits per heavy atom. The largest absolute Gasteiger partial charge is 0.490 e. The molecule has 0 aliphatic carbocycles. The van der Waals surface area contributed by atoms with Crippen LogP contribution >= 0.6 is 0 Å². The van der Waals surface area contributed by atoms with Gasteiger partial charge in [-0.1, -0.05) is 0 Å². The molecule has 0 aliphatic rings. The maximum atomic E-state index is 12.4. The fourth-order valence-corrected chi connectivity index (χ4v) is 2.68. The molecule has 27 heavy (non-hydrogen) atoms. The SMILES string of the molecule is CCOc1ccc(C(=O)NCCCc2cnc3ncnn3c2)cc1OCC. The highest BCUT2D eigenvalue weighted by Gasteiger charge is 2.11. The van der Waals surface area contributed by atoms with Gasteiger partial charge in [0.05, 0.1) is 13.2 Å². The second-order valence-electron chi connectivity index (χ2n) is 5.85. The molecule has 8 nitrogen and oxygen atoms in total. The number of hydrogen-bond donors (Lipinski definition) is 1. The summed E-state index contributed by atoms with van der Waals surface area (Å²) in [5.74, 6) is 1.67. The zero-order chi connectivity index (χ0) is 19.1. The molecule has 2 aromatic heterocycles. The number of nitrogens with zero attached hydrogens (tertiary/aromatic N) is 4. The number of benzene rings is 1. The van der Waals surface area contributed by atoms with Crippen LogP contribution in [0.3, 0.4) is 0 Å². The van der Waals surface area contributed by atoms with E-state index in [4.69, 9.17) is 9.47 Å². The van der Waals surface area contributed by atoms with Crippen molar-refractivity contribution in [3.05, 3.63) is 48.0 Å². The van der Waals surface area contributed by atoms with E-state index in [0.29, 0.717) is 42.6 Å². The minimum Gasteiger partial charge on any atom is -0.490 e. The highest BCUT2D eigenvalue weighted by atomic mass is 16.5. The summed E-state index contributed by atoms with van der Waals surface area (Å²) in [6, 6.07) is 5.22. The lowest BCUT2D eigenvalue weighted by Gasteiger charge is -2.12. The molecule has 1 N–H and O–H groups in total. The molecular weight excluding hydrogens is 346 g/mol. The molecule has 0 radical (unpaired) electrons. The topological polar surface area (TPSA) is 90.6 Å². The Balaban J connectivity index is 1.53. The molecule has 3 rings (SSSR count). The number of carbonyl (C=O) groups excluding carboxylic acids is 1. The fraction of sp³-hybridized carbons (Fsp3) is 0.368. The van der Waals surface area contributed by atoms with Gasteiger partial charge in [-0.3, -0.25) is 4.79 Å². The summed E-state index contributed by atoms with van der Waals surface area (Å²) in [5, 5.41) is 7.00. The van der Waals surface area contributed by atoms with Crippen molar-refractivity contribution in [2.75, 3.05) is 19.8 Å². The van der Waals surface area contributed by atoms with Crippen molar-refractivity contribution in [1.82, 2.24) is 24.9 Å². The smallest absolute Gasteiger partial charge is 0.252 e. The van der Waals surface area contributed by atoms with E-state index < -0.39 is 0 Å². The van der Waals surface area contributed by atoms with Crippen molar-refractivity contribution in [2.45, 2.75) is 26.7 Å². The van der Waals surface area contributed by atoms with Gasteiger partial charge in [0.2, 0.25) is 0 Å². The minimum atomic E-state index is -0.135. The first-order valence-corrected chi connectivity index (χ1v) is 9.03. The molecule has 0 spiro atoms. The Bertz CT molecular complexity index is 909. The third-order valence-corrected chi connectivity index (χ3v) is 3.92. The Kier molecular flexibility index (Phi) is 6.19. The van der Waals surface area contributed by atoms with Crippen molar-refractivity contribution in [2.24, 2.45) is 0 Å². The van der Waals surface area contributed by atoms with E-state index in [0.717, 1.165) is 18.4 Å². The van der Waals surface area contributed by atoms with E-state index in [1.807, 2.05) is 20.0 Å². The van der Waals surface area contributed by atoms with Crippen LogP contribution in [0.1, 0.15) is 36.2 Å². The van der Waals surface area contributed by atoms with Gasteiger partial charge in [0.1, 0.15) is 6.33 Å². The second-order valence-corrected chi connectivity index (χ2v) is 5.85. The normalized spacial score (nSPS) is 10.7. The summed E-state index contributed by atoms with van der Waals surface area (Å²) in [5.41, 5.74) is 1.59. The van der Waals surface area contributed by atoms with Crippen LogP contribution in [0.5, 0.6) is 11.5 Å². The number of fused-ring (bicyclic) bond motifs is 1. The van der Waals surface area contributed by atoms with Crippen LogP contribution in [-0.4, -0.2) is 45.2 Å². The van der Waals surface area contributed by atoms with Crippen LogP contribution in [-0.2, 0) is 6.42 Å². The highest BCUT2D eigenvalue weighted by molar-refractivity contribution is 5.94. The lowest BCUT2D eigenvalue weighted by atomic mass is 10.1. The second kappa shape index (κ2) is 8.98. The number of amides is 1. The molecule has 0 bridgehead atoms. The molecule has 142 valence electrons.